The third-order valence-electron chi connectivity index (χ3n) is 3.58. The van der Waals surface area contributed by atoms with E-state index in [9.17, 15) is 4.79 Å². The van der Waals surface area contributed by atoms with Crippen molar-refractivity contribution < 1.29 is 4.79 Å². The Balaban J connectivity index is 2.98. The molecule has 1 aromatic rings. The van der Waals surface area contributed by atoms with E-state index in [2.05, 4.69) is 50.2 Å². The third kappa shape index (κ3) is 5.37. The van der Waals surface area contributed by atoms with Crippen molar-refractivity contribution in [2.24, 2.45) is 0 Å². The average molecular weight is 291 g/mol. The molecule has 4 heteroatoms. The van der Waals surface area contributed by atoms with Gasteiger partial charge in [-0.25, -0.2) is 4.98 Å². The first-order chi connectivity index (χ1) is 10.0. The van der Waals surface area contributed by atoms with Crippen molar-refractivity contribution in [3.63, 3.8) is 0 Å². The quantitative estimate of drug-likeness (QED) is 0.762. The van der Waals surface area contributed by atoms with Crippen LogP contribution in [0.4, 0.5) is 5.82 Å². The molecule has 0 saturated carbocycles. The first-order valence-corrected chi connectivity index (χ1v) is 8.08. The largest absolute Gasteiger partial charge is 0.370 e. The summed E-state index contributed by atoms with van der Waals surface area (Å²) in [5.41, 5.74) is 1.64. The maximum Gasteiger partial charge on any atom is 0.251 e. The number of anilines is 1. The van der Waals surface area contributed by atoms with E-state index in [0.29, 0.717) is 11.5 Å². The van der Waals surface area contributed by atoms with Crippen LogP contribution in [0.2, 0.25) is 0 Å². The molecule has 0 aliphatic carbocycles. The zero-order chi connectivity index (χ0) is 15.8. The van der Waals surface area contributed by atoms with Crippen LogP contribution < -0.4 is 10.6 Å². The normalized spacial score (nSPS) is 11.0. The Hall–Kier alpha value is -1.58. The van der Waals surface area contributed by atoms with Gasteiger partial charge in [-0.1, -0.05) is 34.6 Å². The molecule has 0 bridgehead atoms. The number of hydrogen-bond acceptors (Lipinski definition) is 3. The third-order valence-corrected chi connectivity index (χ3v) is 3.58. The first-order valence-electron chi connectivity index (χ1n) is 8.08. The average Bonchev–Trinajstić information content (AvgIpc) is 2.49. The minimum absolute atomic E-state index is 0.00690. The van der Waals surface area contributed by atoms with Crippen molar-refractivity contribution >= 4 is 11.7 Å². The second kappa shape index (κ2) is 8.65. The van der Waals surface area contributed by atoms with Gasteiger partial charge in [-0.15, -0.1) is 0 Å². The summed E-state index contributed by atoms with van der Waals surface area (Å²) in [7, 11) is 0. The number of nitrogens with one attached hydrogen (secondary N) is 2. The number of carbonyl (C=O) groups is 1. The van der Waals surface area contributed by atoms with Crippen LogP contribution in [0.25, 0.3) is 0 Å². The second-order valence-electron chi connectivity index (χ2n) is 5.73. The molecule has 0 fully saturated rings. The fraction of sp³-hybridized carbons (Fsp3) is 0.647. The molecule has 4 nitrogen and oxygen atoms in total. The lowest BCUT2D eigenvalue weighted by Crippen LogP contribution is -2.34. The predicted octanol–water partition coefficient (Wildman–Crippen LogP) is 3.95. The van der Waals surface area contributed by atoms with Crippen LogP contribution in [0.1, 0.15) is 75.9 Å². The van der Waals surface area contributed by atoms with Crippen molar-refractivity contribution in [2.45, 2.75) is 65.8 Å². The summed E-state index contributed by atoms with van der Waals surface area (Å²) >= 11 is 0. The lowest BCUT2D eigenvalue weighted by molar-refractivity contribution is 0.0934. The second-order valence-corrected chi connectivity index (χ2v) is 5.73. The molecule has 21 heavy (non-hydrogen) atoms. The summed E-state index contributed by atoms with van der Waals surface area (Å²) in [6, 6.07) is 3.99. The Morgan fingerprint density at radius 2 is 1.86 bits per heavy atom. The number of nitrogens with zero attached hydrogens (tertiary/aromatic N) is 1. The molecular formula is C17H29N3O. The van der Waals surface area contributed by atoms with E-state index in [0.717, 1.165) is 37.3 Å². The molecule has 0 spiro atoms. The number of hydrogen-bond donors (Lipinski definition) is 2. The van der Waals surface area contributed by atoms with Crippen LogP contribution in [0.15, 0.2) is 12.1 Å². The van der Waals surface area contributed by atoms with Crippen molar-refractivity contribution in [2.75, 3.05) is 11.9 Å². The minimum Gasteiger partial charge on any atom is -0.370 e. The molecule has 0 aromatic carbocycles. The van der Waals surface area contributed by atoms with E-state index in [1.54, 1.807) is 0 Å². The van der Waals surface area contributed by atoms with E-state index < -0.39 is 0 Å². The van der Waals surface area contributed by atoms with Crippen LogP contribution >= 0.6 is 0 Å². The fourth-order valence-corrected chi connectivity index (χ4v) is 2.08. The maximum absolute atomic E-state index is 12.4. The molecule has 1 amide bonds. The van der Waals surface area contributed by atoms with Gasteiger partial charge in [0.25, 0.3) is 5.91 Å². The van der Waals surface area contributed by atoms with E-state index in [4.69, 9.17) is 0 Å². The highest BCUT2D eigenvalue weighted by molar-refractivity contribution is 5.95. The molecule has 0 aliphatic rings. The zero-order valence-corrected chi connectivity index (χ0v) is 14.0. The Morgan fingerprint density at radius 1 is 1.19 bits per heavy atom. The Kier molecular flexibility index (Phi) is 7.20. The van der Waals surface area contributed by atoms with Gasteiger partial charge in [-0.2, -0.15) is 0 Å². The molecule has 0 unspecified atom stereocenters. The van der Waals surface area contributed by atoms with Crippen LogP contribution in [0.5, 0.6) is 0 Å². The molecule has 2 N–H and O–H groups in total. The van der Waals surface area contributed by atoms with Gasteiger partial charge in [0.1, 0.15) is 5.82 Å². The van der Waals surface area contributed by atoms with Crippen LogP contribution in [0.3, 0.4) is 0 Å². The van der Waals surface area contributed by atoms with Crippen molar-refractivity contribution in [1.29, 1.82) is 0 Å². The van der Waals surface area contributed by atoms with Crippen molar-refractivity contribution in [3.05, 3.63) is 23.4 Å². The number of amides is 1. The standard InChI is InChI=1S/C17H29N3O/c1-6-9-18-16-11-13(10-15(20-16)12(4)5)17(21)19-14(7-2)8-3/h10-12,14H,6-9H2,1-5H3,(H,18,20)(H,19,21). The molecule has 1 aromatic heterocycles. The highest BCUT2D eigenvalue weighted by atomic mass is 16.1. The van der Waals surface area contributed by atoms with Gasteiger partial charge in [0.05, 0.1) is 0 Å². The highest BCUT2D eigenvalue weighted by Gasteiger charge is 2.14. The first kappa shape index (κ1) is 17.5. The van der Waals surface area contributed by atoms with Gasteiger partial charge in [0.2, 0.25) is 0 Å². The predicted molar refractivity (Wildman–Crippen MR) is 88.9 cm³/mol. The van der Waals surface area contributed by atoms with Crippen LogP contribution in [0, 0.1) is 0 Å². The monoisotopic (exact) mass is 291 g/mol. The molecule has 0 aliphatic heterocycles. The molecule has 1 rings (SSSR count). The van der Waals surface area contributed by atoms with E-state index in [1.807, 2.05) is 12.1 Å². The number of aromatic nitrogens is 1. The number of pyridine rings is 1. The van der Waals surface area contributed by atoms with Gasteiger partial charge in [0, 0.05) is 23.8 Å². The summed E-state index contributed by atoms with van der Waals surface area (Å²) in [6.07, 6.45) is 2.93. The van der Waals surface area contributed by atoms with E-state index >= 15 is 0 Å². The Bertz CT molecular complexity index is 453. The summed E-state index contributed by atoms with van der Waals surface area (Å²) in [6.45, 7) is 11.3. The van der Waals surface area contributed by atoms with E-state index in [1.165, 1.54) is 0 Å². The Labute approximate surface area is 128 Å². The van der Waals surface area contributed by atoms with Crippen LogP contribution in [-0.4, -0.2) is 23.5 Å². The minimum atomic E-state index is -0.00690. The summed E-state index contributed by atoms with van der Waals surface area (Å²) in [5, 5.41) is 6.36. The topological polar surface area (TPSA) is 54.0 Å². The smallest absolute Gasteiger partial charge is 0.251 e. The lowest BCUT2D eigenvalue weighted by Gasteiger charge is -2.16. The lowest BCUT2D eigenvalue weighted by atomic mass is 10.1. The molecule has 0 atom stereocenters. The van der Waals surface area contributed by atoms with Gasteiger partial charge < -0.3 is 10.6 Å². The molecule has 0 radical (unpaired) electrons. The van der Waals surface area contributed by atoms with Gasteiger partial charge in [-0.05, 0) is 37.3 Å². The molecule has 0 saturated heterocycles. The van der Waals surface area contributed by atoms with Gasteiger partial charge in [-0.3, -0.25) is 4.79 Å². The van der Waals surface area contributed by atoms with Gasteiger partial charge >= 0.3 is 0 Å². The SMILES string of the molecule is CCCNc1cc(C(=O)NC(CC)CC)cc(C(C)C)n1. The van der Waals surface area contributed by atoms with Crippen molar-refractivity contribution in [1.82, 2.24) is 10.3 Å². The summed E-state index contributed by atoms with van der Waals surface area (Å²) in [5.74, 6) is 1.08. The number of rotatable bonds is 8. The van der Waals surface area contributed by atoms with E-state index in [-0.39, 0.29) is 11.9 Å². The van der Waals surface area contributed by atoms with Crippen LogP contribution in [-0.2, 0) is 0 Å². The molecular weight excluding hydrogens is 262 g/mol. The molecule has 118 valence electrons. The highest BCUT2D eigenvalue weighted by Crippen LogP contribution is 2.18. The van der Waals surface area contributed by atoms with Gasteiger partial charge in [0.15, 0.2) is 0 Å². The summed E-state index contributed by atoms with van der Waals surface area (Å²) < 4.78 is 0. The molecule has 1 heterocycles. The number of carbonyl (C=O) groups excluding carboxylic acids is 1. The maximum atomic E-state index is 12.4. The Morgan fingerprint density at radius 3 is 2.38 bits per heavy atom. The van der Waals surface area contributed by atoms with Crippen molar-refractivity contribution in [3.8, 4) is 0 Å². The fourth-order valence-electron chi connectivity index (χ4n) is 2.08. The zero-order valence-electron chi connectivity index (χ0n) is 14.0. The summed E-state index contributed by atoms with van der Waals surface area (Å²) in [4.78, 5) is 17.0.